The molecule has 2 N–H and O–H groups in total. The van der Waals surface area contributed by atoms with Gasteiger partial charge in [0, 0.05) is 0 Å². The van der Waals surface area contributed by atoms with E-state index < -0.39 is 17.2 Å². The summed E-state index contributed by atoms with van der Waals surface area (Å²) in [7, 11) is -5.35. The molecule has 0 bridgehead atoms. The van der Waals surface area contributed by atoms with Gasteiger partial charge in [0.2, 0.25) is 0 Å². The van der Waals surface area contributed by atoms with Crippen LogP contribution < -0.4 is 5.46 Å². The molecular formula is C14H15BO5S. The summed E-state index contributed by atoms with van der Waals surface area (Å²) in [4.78, 5) is 0.107. The van der Waals surface area contributed by atoms with Gasteiger partial charge in [-0.2, -0.15) is 8.42 Å². The molecule has 0 heterocycles. The summed E-state index contributed by atoms with van der Waals surface area (Å²) in [6, 6.07) is 12.6. The van der Waals surface area contributed by atoms with E-state index in [0.717, 1.165) is 5.56 Å². The molecule has 0 saturated heterocycles. The third-order valence-electron chi connectivity index (χ3n) is 2.97. The number of hydrogen-bond acceptors (Lipinski definition) is 5. The Hall–Kier alpha value is -1.67. The van der Waals surface area contributed by atoms with E-state index in [1.54, 1.807) is 24.3 Å². The monoisotopic (exact) mass is 306 g/mol. The van der Waals surface area contributed by atoms with Gasteiger partial charge in [-0.15, -0.1) is 0 Å². The maximum Gasteiger partial charge on any atom is 0.488 e. The molecule has 0 radical (unpaired) electrons. The van der Waals surface area contributed by atoms with Crippen molar-refractivity contribution in [2.24, 2.45) is 0 Å². The summed E-state index contributed by atoms with van der Waals surface area (Å²) < 4.78 is 29.0. The molecule has 0 aliphatic rings. The highest BCUT2D eigenvalue weighted by Gasteiger charge is 2.15. The predicted molar refractivity (Wildman–Crippen MR) is 79.4 cm³/mol. The molecule has 7 heteroatoms. The van der Waals surface area contributed by atoms with Crippen molar-refractivity contribution in [2.45, 2.75) is 18.4 Å². The molecule has 5 nitrogen and oxygen atoms in total. The third kappa shape index (κ3) is 4.15. The highest BCUT2D eigenvalue weighted by Crippen LogP contribution is 2.15. The van der Waals surface area contributed by atoms with Crippen LogP contribution >= 0.6 is 0 Å². The van der Waals surface area contributed by atoms with E-state index in [0.29, 0.717) is 11.0 Å². The van der Waals surface area contributed by atoms with Gasteiger partial charge in [-0.1, -0.05) is 42.0 Å². The fourth-order valence-electron chi connectivity index (χ4n) is 1.70. The lowest BCUT2D eigenvalue weighted by Gasteiger charge is -2.07. The van der Waals surface area contributed by atoms with Crippen molar-refractivity contribution < 1.29 is 22.6 Å². The Bertz CT molecular complexity index is 693. The van der Waals surface area contributed by atoms with Gasteiger partial charge in [0.1, 0.15) is 0 Å². The van der Waals surface area contributed by atoms with Crippen molar-refractivity contribution in [3.63, 3.8) is 0 Å². The first-order chi connectivity index (χ1) is 9.88. The second kappa shape index (κ2) is 6.40. The molecule has 0 aliphatic heterocycles. The third-order valence-corrected chi connectivity index (χ3v) is 4.25. The zero-order valence-corrected chi connectivity index (χ0v) is 12.2. The minimum atomic E-state index is -3.80. The summed E-state index contributed by atoms with van der Waals surface area (Å²) in [5.41, 5.74) is 1.92. The lowest BCUT2D eigenvalue weighted by molar-refractivity contribution is 0.308. The Morgan fingerprint density at radius 3 is 2.10 bits per heavy atom. The van der Waals surface area contributed by atoms with E-state index in [4.69, 9.17) is 14.2 Å². The molecule has 0 amide bonds. The van der Waals surface area contributed by atoms with E-state index in [9.17, 15) is 8.42 Å². The lowest BCUT2D eigenvalue weighted by Crippen LogP contribution is -2.29. The van der Waals surface area contributed by atoms with Crippen LogP contribution in [0.5, 0.6) is 0 Å². The van der Waals surface area contributed by atoms with Crippen LogP contribution in [0.2, 0.25) is 0 Å². The van der Waals surface area contributed by atoms with Crippen LogP contribution in [-0.2, 0) is 20.9 Å². The molecule has 0 spiro atoms. The van der Waals surface area contributed by atoms with Crippen LogP contribution in [0.15, 0.2) is 53.4 Å². The molecular weight excluding hydrogens is 291 g/mol. The van der Waals surface area contributed by atoms with Gasteiger partial charge in [0.25, 0.3) is 10.1 Å². The molecule has 2 rings (SSSR count). The van der Waals surface area contributed by atoms with Crippen molar-refractivity contribution in [1.82, 2.24) is 0 Å². The van der Waals surface area contributed by atoms with Crippen molar-refractivity contribution in [1.29, 1.82) is 0 Å². The second-order valence-corrected chi connectivity index (χ2v) is 6.26. The quantitative estimate of drug-likeness (QED) is 0.623. The average Bonchev–Trinajstić information content (AvgIpc) is 2.46. The number of rotatable bonds is 5. The fraction of sp³-hybridized carbons (Fsp3) is 0.143. The summed E-state index contributed by atoms with van der Waals surface area (Å²) in [5.74, 6) is 0. The summed E-state index contributed by atoms with van der Waals surface area (Å²) >= 11 is 0. The Labute approximate surface area is 124 Å². The SMILES string of the molecule is Cc1ccc(S(=O)(=O)OCc2ccc(B(O)O)cc2)cc1. The first-order valence-electron chi connectivity index (χ1n) is 6.29. The molecule has 2 aromatic rings. The Morgan fingerprint density at radius 1 is 1.00 bits per heavy atom. The average molecular weight is 306 g/mol. The van der Waals surface area contributed by atoms with Gasteiger partial charge in [-0.25, -0.2) is 0 Å². The zero-order valence-electron chi connectivity index (χ0n) is 11.4. The summed E-state index contributed by atoms with van der Waals surface area (Å²) in [6.07, 6.45) is 0. The topological polar surface area (TPSA) is 83.8 Å². The Balaban J connectivity index is 2.06. The molecule has 0 unspecified atom stereocenters. The van der Waals surface area contributed by atoms with Crippen LogP contribution in [0.25, 0.3) is 0 Å². The molecule has 0 saturated carbocycles. The van der Waals surface area contributed by atoms with Crippen molar-refractivity contribution in [2.75, 3.05) is 0 Å². The minimum absolute atomic E-state index is 0.107. The number of hydrogen-bond donors (Lipinski definition) is 2. The molecule has 0 aromatic heterocycles. The Kier molecular flexibility index (Phi) is 4.79. The smallest absolute Gasteiger partial charge is 0.423 e. The fourth-order valence-corrected chi connectivity index (χ4v) is 2.60. The van der Waals surface area contributed by atoms with Crippen LogP contribution in [-0.4, -0.2) is 25.6 Å². The van der Waals surface area contributed by atoms with Crippen molar-refractivity contribution in [3.8, 4) is 0 Å². The highest BCUT2D eigenvalue weighted by atomic mass is 32.2. The van der Waals surface area contributed by atoms with Crippen LogP contribution in [0.4, 0.5) is 0 Å². The van der Waals surface area contributed by atoms with Crippen LogP contribution in [0.1, 0.15) is 11.1 Å². The summed E-state index contributed by atoms with van der Waals surface area (Å²) in [5, 5.41) is 17.9. The first kappa shape index (κ1) is 15.7. The van der Waals surface area contributed by atoms with Gasteiger partial charge in [-0.05, 0) is 30.1 Å². The zero-order chi connectivity index (χ0) is 15.5. The standard InChI is InChI=1S/C14H15BO5S/c1-11-2-8-14(9-3-11)21(18,19)20-10-12-4-6-13(7-5-12)15(16)17/h2-9,16-17H,10H2,1H3. The number of benzene rings is 2. The largest absolute Gasteiger partial charge is 0.488 e. The summed E-state index contributed by atoms with van der Waals surface area (Å²) in [6.45, 7) is 1.76. The van der Waals surface area contributed by atoms with Crippen molar-refractivity contribution >= 4 is 22.7 Å². The Morgan fingerprint density at radius 2 is 1.57 bits per heavy atom. The molecule has 2 aromatic carbocycles. The van der Waals surface area contributed by atoms with E-state index >= 15 is 0 Å². The minimum Gasteiger partial charge on any atom is -0.423 e. The normalized spacial score (nSPS) is 11.4. The maximum absolute atomic E-state index is 12.0. The highest BCUT2D eigenvalue weighted by molar-refractivity contribution is 7.86. The second-order valence-electron chi connectivity index (χ2n) is 4.64. The first-order valence-corrected chi connectivity index (χ1v) is 7.70. The molecule has 0 aliphatic carbocycles. The van der Waals surface area contributed by atoms with E-state index in [1.807, 2.05) is 6.92 Å². The number of aryl methyl sites for hydroxylation is 1. The molecule has 110 valence electrons. The molecule has 0 fully saturated rings. The van der Waals surface area contributed by atoms with Crippen molar-refractivity contribution in [3.05, 3.63) is 59.7 Å². The van der Waals surface area contributed by atoms with Crippen LogP contribution in [0.3, 0.4) is 0 Å². The van der Waals surface area contributed by atoms with E-state index in [2.05, 4.69) is 0 Å². The van der Waals surface area contributed by atoms with Crippen LogP contribution in [0, 0.1) is 6.92 Å². The van der Waals surface area contributed by atoms with E-state index in [-0.39, 0.29) is 11.5 Å². The van der Waals surface area contributed by atoms with Gasteiger partial charge in [-0.3, -0.25) is 4.18 Å². The molecule has 21 heavy (non-hydrogen) atoms. The molecule has 0 atom stereocenters. The van der Waals surface area contributed by atoms with Gasteiger partial charge >= 0.3 is 7.12 Å². The lowest BCUT2D eigenvalue weighted by atomic mass is 9.80. The van der Waals surface area contributed by atoms with E-state index in [1.165, 1.54) is 24.3 Å². The van der Waals surface area contributed by atoms with Gasteiger partial charge in [0.05, 0.1) is 11.5 Å². The van der Waals surface area contributed by atoms with Gasteiger partial charge < -0.3 is 10.0 Å². The maximum atomic E-state index is 12.0. The van der Waals surface area contributed by atoms with Gasteiger partial charge in [0.15, 0.2) is 0 Å². The predicted octanol–water partition coefficient (Wildman–Crippen LogP) is 0.580.